The smallest absolute Gasteiger partial charge is 0.416 e. The highest BCUT2D eigenvalue weighted by atomic mass is 19.4. The van der Waals surface area contributed by atoms with E-state index in [1.54, 1.807) is 24.4 Å². The van der Waals surface area contributed by atoms with E-state index in [0.29, 0.717) is 47.6 Å². The number of anilines is 3. The van der Waals surface area contributed by atoms with Crippen LogP contribution in [-0.2, 0) is 30.5 Å². The molecule has 1 fully saturated rings. The summed E-state index contributed by atoms with van der Waals surface area (Å²) in [5, 5.41) is 5.86. The predicted octanol–water partition coefficient (Wildman–Crippen LogP) is 6.03. The van der Waals surface area contributed by atoms with Crippen molar-refractivity contribution in [3.63, 3.8) is 0 Å². The number of carbonyl (C=O) groups is 1. The molecule has 4 heterocycles. The lowest BCUT2D eigenvalue weighted by molar-refractivity contribution is -0.137. The van der Waals surface area contributed by atoms with Crippen LogP contribution < -0.4 is 15.4 Å². The number of likely N-dealkylation sites (N-methyl/N-ethyl adjacent to an activating group) is 1. The Morgan fingerprint density at radius 2 is 1.81 bits per heavy atom. The molecular weight excluding hydrogens is 559 g/mol. The van der Waals surface area contributed by atoms with Crippen LogP contribution >= 0.6 is 0 Å². The number of nitrogens with one attached hydrogen (secondary N) is 2. The predicted molar refractivity (Wildman–Crippen MR) is 159 cm³/mol. The Morgan fingerprint density at radius 1 is 1.02 bits per heavy atom. The van der Waals surface area contributed by atoms with Gasteiger partial charge in [0.25, 0.3) is 0 Å². The number of pyridine rings is 1. The first-order chi connectivity index (χ1) is 20.7. The summed E-state index contributed by atoms with van der Waals surface area (Å²) in [6.45, 7) is 9.11. The van der Waals surface area contributed by atoms with Gasteiger partial charge in [0.15, 0.2) is 0 Å². The molecule has 226 valence electrons. The van der Waals surface area contributed by atoms with Crippen LogP contribution in [0.15, 0.2) is 48.7 Å². The molecule has 1 amide bonds. The lowest BCUT2D eigenvalue weighted by atomic mass is 10.0. The zero-order valence-electron chi connectivity index (χ0n) is 24.2. The first-order valence-electron chi connectivity index (χ1n) is 14.5. The number of benzene rings is 2. The molecule has 4 aromatic rings. The number of amides is 1. The second-order valence-electron chi connectivity index (χ2n) is 11.0. The van der Waals surface area contributed by atoms with Gasteiger partial charge in [-0.1, -0.05) is 6.92 Å². The summed E-state index contributed by atoms with van der Waals surface area (Å²) in [6, 6.07) is 11.3. The van der Waals surface area contributed by atoms with E-state index >= 15 is 0 Å². The van der Waals surface area contributed by atoms with Gasteiger partial charge >= 0.3 is 6.18 Å². The summed E-state index contributed by atoms with van der Waals surface area (Å²) in [5.41, 5.74) is 2.89. The zero-order chi connectivity index (χ0) is 30.1. The molecule has 43 heavy (non-hydrogen) atoms. The number of aryl methyl sites for hydroxylation is 2. The molecule has 12 heteroatoms. The molecule has 0 bridgehead atoms. The van der Waals surface area contributed by atoms with Crippen molar-refractivity contribution in [3.05, 3.63) is 65.4 Å². The van der Waals surface area contributed by atoms with Gasteiger partial charge in [-0.15, -0.1) is 0 Å². The van der Waals surface area contributed by atoms with Crippen molar-refractivity contribution in [2.45, 2.75) is 46.0 Å². The van der Waals surface area contributed by atoms with Gasteiger partial charge < -0.3 is 24.8 Å². The Hall–Kier alpha value is -4.16. The highest BCUT2D eigenvalue weighted by molar-refractivity contribution is 5.88. The second kappa shape index (κ2) is 11.8. The van der Waals surface area contributed by atoms with E-state index in [1.807, 2.05) is 16.7 Å². The Labute approximate surface area is 247 Å². The number of alkyl halides is 3. The van der Waals surface area contributed by atoms with Crippen LogP contribution in [0.4, 0.5) is 30.6 Å². The van der Waals surface area contributed by atoms with Gasteiger partial charge in [-0.3, -0.25) is 9.69 Å². The van der Waals surface area contributed by atoms with Crippen LogP contribution in [0.3, 0.4) is 0 Å². The third-order valence-corrected chi connectivity index (χ3v) is 7.94. The summed E-state index contributed by atoms with van der Waals surface area (Å²) in [4.78, 5) is 24.9. The summed E-state index contributed by atoms with van der Waals surface area (Å²) in [6.07, 6.45) is -1.32. The second-order valence-corrected chi connectivity index (χ2v) is 11.0. The number of rotatable bonds is 8. The lowest BCUT2D eigenvalue weighted by Crippen LogP contribution is -2.45. The van der Waals surface area contributed by atoms with Crippen molar-refractivity contribution >= 4 is 34.4 Å². The van der Waals surface area contributed by atoms with E-state index in [9.17, 15) is 18.0 Å². The van der Waals surface area contributed by atoms with Crippen LogP contribution in [-0.4, -0.2) is 63.0 Å². The molecule has 1 saturated heterocycles. The highest BCUT2D eigenvalue weighted by Crippen LogP contribution is 2.38. The molecule has 9 nitrogen and oxygen atoms in total. The maximum absolute atomic E-state index is 13.9. The summed E-state index contributed by atoms with van der Waals surface area (Å²) in [7, 11) is 0. The minimum Gasteiger partial charge on any atom is -0.457 e. The number of hydrogen-bond acceptors (Lipinski definition) is 7. The molecule has 0 aliphatic carbocycles. The monoisotopic (exact) mass is 593 g/mol. The molecule has 0 radical (unpaired) electrons. The number of piperazine rings is 1. The van der Waals surface area contributed by atoms with Gasteiger partial charge in [0.1, 0.15) is 17.3 Å². The number of imidazole rings is 1. The van der Waals surface area contributed by atoms with Crippen molar-refractivity contribution in [3.8, 4) is 11.5 Å². The van der Waals surface area contributed by atoms with Crippen molar-refractivity contribution in [1.82, 2.24) is 24.3 Å². The number of nitrogens with zero attached hydrogens (tertiary/aromatic N) is 5. The van der Waals surface area contributed by atoms with Crippen molar-refractivity contribution in [2.75, 3.05) is 43.4 Å². The van der Waals surface area contributed by atoms with Crippen molar-refractivity contribution in [1.29, 1.82) is 0 Å². The highest BCUT2D eigenvalue weighted by Gasteiger charge is 2.32. The molecule has 0 unspecified atom stereocenters. The van der Waals surface area contributed by atoms with E-state index in [0.717, 1.165) is 68.2 Å². The van der Waals surface area contributed by atoms with Gasteiger partial charge in [0.05, 0.1) is 16.6 Å². The Balaban J connectivity index is 1.29. The third-order valence-electron chi connectivity index (χ3n) is 7.94. The molecule has 2 aromatic carbocycles. The quantitative estimate of drug-likeness (QED) is 0.258. The lowest BCUT2D eigenvalue weighted by Gasteiger charge is -2.34. The van der Waals surface area contributed by atoms with Crippen LogP contribution in [0.25, 0.3) is 11.0 Å². The number of ether oxygens (including phenoxy) is 1. The number of halogens is 3. The topological polar surface area (TPSA) is 87.6 Å². The molecule has 2 N–H and O–H groups in total. The Morgan fingerprint density at radius 3 is 2.56 bits per heavy atom. The summed E-state index contributed by atoms with van der Waals surface area (Å²) in [5.74, 6) is 1.83. The molecule has 0 spiro atoms. The van der Waals surface area contributed by atoms with Crippen molar-refractivity contribution < 1.29 is 22.7 Å². The average molecular weight is 594 g/mol. The maximum Gasteiger partial charge on any atom is 0.416 e. The fourth-order valence-corrected chi connectivity index (χ4v) is 5.86. The summed E-state index contributed by atoms with van der Waals surface area (Å²) < 4.78 is 50.1. The SMILES string of the molecule is CCN1CCN(Cc2cc(Nc3nc4ccc(Oc5ccnc(NC(C)=O)c5)c5c4n3CCC5)cc(C(F)(F)F)c2)CC1. The van der Waals surface area contributed by atoms with Crippen LogP contribution in [0.5, 0.6) is 11.5 Å². The number of aromatic nitrogens is 3. The fraction of sp³-hybridized carbons (Fsp3) is 0.387. The molecule has 2 aromatic heterocycles. The van der Waals surface area contributed by atoms with Gasteiger partial charge in [-0.25, -0.2) is 9.97 Å². The van der Waals surface area contributed by atoms with Gasteiger partial charge in [-0.05, 0) is 61.3 Å². The minimum atomic E-state index is -4.47. The molecule has 2 aliphatic heterocycles. The minimum absolute atomic E-state index is 0.229. The van der Waals surface area contributed by atoms with E-state index in [4.69, 9.17) is 9.72 Å². The van der Waals surface area contributed by atoms with E-state index in [2.05, 4.69) is 32.3 Å². The van der Waals surface area contributed by atoms with Crippen LogP contribution in [0, 0.1) is 0 Å². The Bertz CT molecular complexity index is 1640. The van der Waals surface area contributed by atoms with E-state index in [1.165, 1.54) is 13.0 Å². The normalized spacial score (nSPS) is 15.9. The standard InChI is InChI=1S/C31H34F3N7O2/c1-3-39-11-13-40(14-12-39)19-21-15-22(31(32,33)34)17-23(16-21)37-30-38-26-6-7-27(25-5-4-10-41(30)29(25)26)43-24-8-9-35-28(18-24)36-20(2)42/h6-9,15-18H,3-5,10-14,19H2,1-2H3,(H,37,38)(H,35,36,42). The molecule has 0 saturated carbocycles. The largest absolute Gasteiger partial charge is 0.457 e. The van der Waals surface area contributed by atoms with Gasteiger partial charge in [0.2, 0.25) is 11.9 Å². The maximum atomic E-state index is 13.9. The van der Waals surface area contributed by atoms with E-state index < -0.39 is 11.7 Å². The first-order valence-corrected chi connectivity index (χ1v) is 14.5. The van der Waals surface area contributed by atoms with E-state index in [-0.39, 0.29) is 5.91 Å². The Kier molecular flexibility index (Phi) is 7.97. The average Bonchev–Trinajstić information content (AvgIpc) is 3.32. The molecule has 6 rings (SSSR count). The summed E-state index contributed by atoms with van der Waals surface area (Å²) >= 11 is 0. The number of hydrogen-bond donors (Lipinski definition) is 2. The number of carbonyl (C=O) groups excluding carboxylic acids is 1. The molecular formula is C31H34F3N7O2. The fourth-order valence-electron chi connectivity index (χ4n) is 5.86. The molecule has 2 aliphatic rings. The van der Waals surface area contributed by atoms with Gasteiger partial charge in [-0.2, -0.15) is 13.2 Å². The third kappa shape index (κ3) is 6.45. The van der Waals surface area contributed by atoms with Gasteiger partial charge in [0, 0.05) is 69.7 Å². The molecule has 0 atom stereocenters. The first kappa shape index (κ1) is 28.9. The zero-order valence-corrected chi connectivity index (χ0v) is 24.2. The van der Waals surface area contributed by atoms with Crippen LogP contribution in [0.2, 0.25) is 0 Å². The van der Waals surface area contributed by atoms with Crippen molar-refractivity contribution in [2.24, 2.45) is 0 Å². The van der Waals surface area contributed by atoms with Crippen LogP contribution in [0.1, 0.15) is 37.0 Å².